The van der Waals surface area contributed by atoms with Crippen molar-refractivity contribution in [1.29, 1.82) is 0 Å². The number of carboxylic acid groups (broad SMARTS) is 1. The normalized spacial score (nSPS) is 12.6. The second kappa shape index (κ2) is 6.62. The first-order valence-corrected chi connectivity index (χ1v) is 8.40. The van der Waals surface area contributed by atoms with E-state index in [1.807, 2.05) is 6.07 Å². The van der Waals surface area contributed by atoms with Gasteiger partial charge in [-0.2, -0.15) is 0 Å². The molecule has 2 aromatic carbocycles. The first-order valence-electron chi connectivity index (χ1n) is 6.75. The summed E-state index contributed by atoms with van der Waals surface area (Å²) in [6, 6.07) is 15.3. The third kappa shape index (κ3) is 4.08. The Morgan fingerprint density at radius 2 is 1.68 bits per heavy atom. The summed E-state index contributed by atoms with van der Waals surface area (Å²) in [5, 5.41) is 9.12. The number of hydrogen-bond donors (Lipinski definition) is 2. The van der Waals surface area contributed by atoms with Crippen molar-refractivity contribution >= 4 is 21.7 Å². The van der Waals surface area contributed by atoms with Crippen molar-refractivity contribution in [2.75, 3.05) is 4.72 Å². The Morgan fingerprint density at radius 1 is 1.09 bits per heavy atom. The van der Waals surface area contributed by atoms with E-state index in [1.165, 1.54) is 6.92 Å². The van der Waals surface area contributed by atoms with Crippen LogP contribution in [0.4, 0.5) is 5.69 Å². The van der Waals surface area contributed by atoms with Gasteiger partial charge in [0.25, 0.3) is 0 Å². The molecular formula is C16H17NO4S. The van der Waals surface area contributed by atoms with Crippen molar-refractivity contribution < 1.29 is 18.3 Å². The summed E-state index contributed by atoms with van der Waals surface area (Å²) in [4.78, 5) is 11.1. The highest BCUT2D eigenvalue weighted by Gasteiger charge is 2.20. The molecule has 2 aromatic rings. The van der Waals surface area contributed by atoms with E-state index in [0.717, 1.165) is 0 Å². The molecule has 0 fully saturated rings. The molecular weight excluding hydrogens is 302 g/mol. The molecule has 1 unspecified atom stereocenters. The van der Waals surface area contributed by atoms with Gasteiger partial charge in [-0.3, -0.25) is 9.52 Å². The molecule has 6 heteroatoms. The first kappa shape index (κ1) is 16.0. The quantitative estimate of drug-likeness (QED) is 0.857. The highest BCUT2D eigenvalue weighted by molar-refractivity contribution is 7.91. The Labute approximate surface area is 129 Å². The lowest BCUT2D eigenvalue weighted by Gasteiger charge is -2.15. The minimum Gasteiger partial charge on any atom is -0.481 e. The van der Waals surface area contributed by atoms with Crippen LogP contribution >= 0.6 is 0 Å². The molecule has 0 bridgehead atoms. The standard InChI is InChI=1S/C16H17NO4S/c1-12(16(18)19)14-9-5-6-10-15(14)17-22(20,21)11-13-7-3-2-4-8-13/h2-10,12,17H,11H2,1H3,(H,18,19). The minimum atomic E-state index is -3.61. The zero-order valence-corrected chi connectivity index (χ0v) is 12.9. The molecule has 5 nitrogen and oxygen atoms in total. The SMILES string of the molecule is CC(C(=O)O)c1ccccc1NS(=O)(=O)Cc1ccccc1. The highest BCUT2D eigenvalue weighted by atomic mass is 32.2. The molecule has 2 rings (SSSR count). The van der Waals surface area contributed by atoms with Crippen LogP contribution in [0.5, 0.6) is 0 Å². The van der Waals surface area contributed by atoms with E-state index in [1.54, 1.807) is 48.5 Å². The zero-order chi connectivity index (χ0) is 16.2. The van der Waals surface area contributed by atoms with Crippen LogP contribution in [-0.4, -0.2) is 19.5 Å². The molecule has 0 radical (unpaired) electrons. The van der Waals surface area contributed by atoms with Gasteiger partial charge in [0, 0.05) is 0 Å². The van der Waals surface area contributed by atoms with E-state index in [4.69, 9.17) is 5.11 Å². The van der Waals surface area contributed by atoms with Crippen LogP contribution < -0.4 is 4.72 Å². The maximum Gasteiger partial charge on any atom is 0.310 e. The van der Waals surface area contributed by atoms with Gasteiger partial charge in [0.2, 0.25) is 10.0 Å². The van der Waals surface area contributed by atoms with Crippen LogP contribution in [0, 0.1) is 0 Å². The third-order valence-corrected chi connectivity index (χ3v) is 4.51. The highest BCUT2D eigenvalue weighted by Crippen LogP contribution is 2.25. The van der Waals surface area contributed by atoms with Gasteiger partial charge in [-0.1, -0.05) is 48.5 Å². The molecule has 0 saturated heterocycles. The largest absolute Gasteiger partial charge is 0.481 e. The number of benzene rings is 2. The van der Waals surface area contributed by atoms with E-state index >= 15 is 0 Å². The van der Waals surface area contributed by atoms with Gasteiger partial charge in [0.1, 0.15) is 0 Å². The number of aliphatic carboxylic acids is 1. The number of sulfonamides is 1. The molecule has 0 aliphatic rings. The fourth-order valence-corrected chi connectivity index (χ4v) is 3.32. The average molecular weight is 319 g/mol. The van der Waals surface area contributed by atoms with E-state index in [-0.39, 0.29) is 5.75 Å². The fourth-order valence-electron chi connectivity index (χ4n) is 2.10. The van der Waals surface area contributed by atoms with E-state index < -0.39 is 21.9 Å². The summed E-state index contributed by atoms with van der Waals surface area (Å²) in [5.41, 5.74) is 1.40. The fraction of sp³-hybridized carbons (Fsp3) is 0.188. The molecule has 1 atom stereocenters. The van der Waals surface area contributed by atoms with Gasteiger partial charge >= 0.3 is 5.97 Å². The number of carbonyl (C=O) groups is 1. The summed E-state index contributed by atoms with van der Waals surface area (Å²) in [7, 11) is -3.61. The molecule has 0 aromatic heterocycles. The van der Waals surface area contributed by atoms with Gasteiger partial charge in [0.05, 0.1) is 17.4 Å². The Balaban J connectivity index is 2.25. The van der Waals surface area contributed by atoms with Crippen molar-refractivity contribution in [3.05, 3.63) is 65.7 Å². The van der Waals surface area contributed by atoms with E-state index in [0.29, 0.717) is 16.8 Å². The lowest BCUT2D eigenvalue weighted by molar-refractivity contribution is -0.138. The van der Waals surface area contributed by atoms with Crippen molar-refractivity contribution in [1.82, 2.24) is 0 Å². The van der Waals surface area contributed by atoms with Gasteiger partial charge in [0.15, 0.2) is 0 Å². The van der Waals surface area contributed by atoms with Crippen molar-refractivity contribution in [3.8, 4) is 0 Å². The minimum absolute atomic E-state index is 0.163. The lowest BCUT2D eigenvalue weighted by atomic mass is 10.00. The summed E-state index contributed by atoms with van der Waals surface area (Å²) < 4.78 is 27.0. The van der Waals surface area contributed by atoms with Crippen LogP contribution in [0.1, 0.15) is 24.0 Å². The molecule has 0 aliphatic heterocycles. The number of nitrogens with one attached hydrogen (secondary N) is 1. The zero-order valence-electron chi connectivity index (χ0n) is 12.1. The van der Waals surface area contributed by atoms with Crippen LogP contribution in [0.15, 0.2) is 54.6 Å². The van der Waals surface area contributed by atoms with Crippen LogP contribution in [0.25, 0.3) is 0 Å². The summed E-state index contributed by atoms with van der Waals surface area (Å²) in [5.74, 6) is -1.96. The number of rotatable bonds is 6. The van der Waals surface area contributed by atoms with Crippen LogP contribution in [0.2, 0.25) is 0 Å². The molecule has 116 valence electrons. The molecule has 0 heterocycles. The number of carboxylic acids is 1. The van der Waals surface area contributed by atoms with Crippen molar-refractivity contribution in [2.45, 2.75) is 18.6 Å². The molecule has 0 aliphatic carbocycles. The smallest absolute Gasteiger partial charge is 0.310 e. The van der Waals surface area contributed by atoms with Crippen molar-refractivity contribution in [3.63, 3.8) is 0 Å². The first-order chi connectivity index (χ1) is 10.4. The predicted molar refractivity (Wildman–Crippen MR) is 85.2 cm³/mol. The molecule has 0 amide bonds. The summed E-state index contributed by atoms with van der Waals surface area (Å²) in [6.45, 7) is 1.52. The second-order valence-corrected chi connectivity index (χ2v) is 6.72. The van der Waals surface area contributed by atoms with Crippen LogP contribution in [0.3, 0.4) is 0 Å². The second-order valence-electron chi connectivity index (χ2n) is 4.99. The predicted octanol–water partition coefficient (Wildman–Crippen LogP) is 2.82. The van der Waals surface area contributed by atoms with Gasteiger partial charge in [-0.25, -0.2) is 8.42 Å². The molecule has 22 heavy (non-hydrogen) atoms. The van der Waals surface area contributed by atoms with Gasteiger partial charge < -0.3 is 5.11 Å². The molecule has 0 spiro atoms. The van der Waals surface area contributed by atoms with Crippen LogP contribution in [-0.2, 0) is 20.6 Å². The van der Waals surface area contributed by atoms with Gasteiger partial charge in [-0.05, 0) is 24.1 Å². The number of para-hydroxylation sites is 1. The van der Waals surface area contributed by atoms with E-state index in [2.05, 4.69) is 4.72 Å². The van der Waals surface area contributed by atoms with Gasteiger partial charge in [-0.15, -0.1) is 0 Å². The maximum atomic E-state index is 12.3. The lowest BCUT2D eigenvalue weighted by Crippen LogP contribution is -2.18. The molecule has 2 N–H and O–H groups in total. The Kier molecular flexibility index (Phi) is 4.82. The van der Waals surface area contributed by atoms with Crippen molar-refractivity contribution in [2.24, 2.45) is 0 Å². The third-order valence-electron chi connectivity index (χ3n) is 3.26. The number of hydrogen-bond acceptors (Lipinski definition) is 3. The Morgan fingerprint density at radius 3 is 2.32 bits per heavy atom. The average Bonchev–Trinajstić information content (AvgIpc) is 2.47. The van der Waals surface area contributed by atoms with E-state index in [9.17, 15) is 13.2 Å². The summed E-state index contributed by atoms with van der Waals surface area (Å²) >= 11 is 0. The monoisotopic (exact) mass is 319 g/mol. The summed E-state index contributed by atoms with van der Waals surface area (Å²) in [6.07, 6.45) is 0. The molecule has 0 saturated carbocycles. The Bertz CT molecular complexity index is 757. The maximum absolute atomic E-state index is 12.3. The topological polar surface area (TPSA) is 83.5 Å². The number of anilines is 1. The Hall–Kier alpha value is -2.34.